The van der Waals surface area contributed by atoms with Crippen LogP contribution in [0.4, 0.5) is 18.0 Å². The van der Waals surface area contributed by atoms with Crippen LogP contribution in [0.2, 0.25) is 0 Å². The first-order valence-electron chi connectivity index (χ1n) is 6.52. The normalized spacial score (nSPS) is 15.5. The maximum atomic E-state index is 12.1. The van der Waals surface area contributed by atoms with Gasteiger partial charge in [-0.05, 0) is 33.8 Å². The fourth-order valence-electron chi connectivity index (χ4n) is 1.24. The van der Waals surface area contributed by atoms with Gasteiger partial charge in [-0.25, -0.2) is 4.79 Å². The summed E-state index contributed by atoms with van der Waals surface area (Å²) in [5.74, 6) is -0.465. The average Bonchev–Trinajstić information content (AvgIpc) is 2.74. The minimum atomic E-state index is -5.71. The van der Waals surface area contributed by atoms with E-state index in [0.717, 1.165) is 11.0 Å². The minimum Gasteiger partial charge on any atom is -0.444 e. The van der Waals surface area contributed by atoms with Gasteiger partial charge in [0.05, 0.1) is 6.54 Å². The molecule has 136 valence electrons. The lowest BCUT2D eigenvalue weighted by Gasteiger charge is -2.24. The summed E-state index contributed by atoms with van der Waals surface area (Å²) in [5.41, 5.74) is -6.27. The number of ether oxygens (including phenoxy) is 1. The van der Waals surface area contributed by atoms with E-state index >= 15 is 0 Å². The van der Waals surface area contributed by atoms with Crippen LogP contribution in [0.3, 0.4) is 0 Å². The van der Waals surface area contributed by atoms with E-state index in [4.69, 9.17) is 9.84 Å². The molecule has 1 amide bonds. The number of amides is 1. The van der Waals surface area contributed by atoms with Gasteiger partial charge in [0.25, 0.3) is 0 Å². The zero-order valence-electron chi connectivity index (χ0n) is 13.2. The van der Waals surface area contributed by atoms with E-state index in [1.165, 1.54) is 0 Å². The number of rotatable bonds is 2. The topological polar surface area (TPSA) is 93.1 Å². The zero-order valence-corrected chi connectivity index (χ0v) is 14.0. The van der Waals surface area contributed by atoms with Crippen molar-refractivity contribution in [2.45, 2.75) is 38.8 Å². The van der Waals surface area contributed by atoms with Crippen LogP contribution >= 0.6 is 0 Å². The Bertz CT molecular complexity index is 536. The molecule has 7 nitrogen and oxygen atoms in total. The number of hydrogen-bond acceptors (Lipinski definition) is 6. The van der Waals surface area contributed by atoms with Crippen molar-refractivity contribution in [3.8, 4) is 0 Å². The molecule has 23 heavy (non-hydrogen) atoms. The molecule has 0 saturated carbocycles. The number of halogens is 3. The third kappa shape index (κ3) is 7.55. The van der Waals surface area contributed by atoms with E-state index in [2.05, 4.69) is 4.18 Å². The Labute approximate surface area is 132 Å². The van der Waals surface area contributed by atoms with Crippen molar-refractivity contribution < 1.29 is 40.4 Å². The van der Waals surface area contributed by atoms with E-state index in [9.17, 15) is 26.4 Å². The van der Waals surface area contributed by atoms with Crippen molar-refractivity contribution in [1.82, 2.24) is 4.90 Å². The van der Waals surface area contributed by atoms with E-state index in [1.807, 2.05) is 0 Å². The highest BCUT2D eigenvalue weighted by atomic mass is 32.2. The maximum Gasteiger partial charge on any atom is 0.534 e. The average molecular weight is 363 g/mol. The van der Waals surface area contributed by atoms with Crippen molar-refractivity contribution >= 4 is 16.2 Å². The third-order valence-corrected chi connectivity index (χ3v) is 3.04. The molecule has 0 aliphatic carbocycles. The van der Waals surface area contributed by atoms with Crippen molar-refractivity contribution in [3.63, 3.8) is 0 Å². The smallest absolute Gasteiger partial charge is 0.444 e. The van der Waals surface area contributed by atoms with Crippen molar-refractivity contribution in [2.75, 3.05) is 19.7 Å². The molecule has 1 aliphatic heterocycles. The van der Waals surface area contributed by atoms with Gasteiger partial charge in [-0.15, -0.1) is 0 Å². The second-order valence-electron chi connectivity index (χ2n) is 5.33. The molecular weight excluding hydrogens is 343 g/mol. The summed E-state index contributed by atoms with van der Waals surface area (Å²) in [6, 6.07) is 0. The zero-order chi connectivity index (χ0) is 18.5. The van der Waals surface area contributed by atoms with Crippen LogP contribution in [0.15, 0.2) is 11.8 Å². The van der Waals surface area contributed by atoms with Gasteiger partial charge in [0.15, 0.2) is 0 Å². The SMILES string of the molecule is CC(C)(C)OC(=O)N1CC=C(OS(=O)(=O)C(F)(F)F)C1.CCO. The van der Waals surface area contributed by atoms with Gasteiger partial charge in [-0.3, -0.25) is 4.90 Å². The first-order chi connectivity index (χ1) is 10.2. The molecule has 0 aromatic heterocycles. The Morgan fingerprint density at radius 1 is 1.35 bits per heavy atom. The summed E-state index contributed by atoms with van der Waals surface area (Å²) >= 11 is 0. The standard InChI is InChI=1S/C10H14F3NO5S.C2H6O/c1-9(2,3)18-8(15)14-5-4-7(6-14)19-20(16,17)10(11,12)13;1-2-3/h4H,5-6H2,1-3H3;3H,2H2,1H3. The molecule has 0 fully saturated rings. The van der Waals surface area contributed by atoms with Crippen LogP contribution in [0.1, 0.15) is 27.7 Å². The molecule has 11 heteroatoms. The van der Waals surface area contributed by atoms with Crippen LogP contribution in [-0.2, 0) is 19.0 Å². The minimum absolute atomic E-state index is 0.0857. The van der Waals surface area contributed by atoms with Gasteiger partial charge in [0, 0.05) is 13.2 Å². The highest BCUT2D eigenvalue weighted by Gasteiger charge is 2.49. The Morgan fingerprint density at radius 3 is 2.22 bits per heavy atom. The molecular formula is C12H20F3NO6S. The van der Waals surface area contributed by atoms with Crippen LogP contribution < -0.4 is 0 Å². The van der Waals surface area contributed by atoms with Gasteiger partial charge in [0.1, 0.15) is 11.4 Å². The van der Waals surface area contributed by atoms with E-state index in [0.29, 0.717) is 0 Å². The van der Waals surface area contributed by atoms with Crippen LogP contribution in [-0.4, -0.2) is 55.3 Å². The molecule has 0 radical (unpaired) electrons. The number of alkyl halides is 3. The quantitative estimate of drug-likeness (QED) is 0.596. The molecule has 0 aromatic rings. The van der Waals surface area contributed by atoms with E-state index in [-0.39, 0.29) is 13.2 Å². The molecule has 0 spiro atoms. The molecule has 1 heterocycles. The molecule has 1 aliphatic rings. The lowest BCUT2D eigenvalue weighted by atomic mass is 10.2. The first kappa shape index (κ1) is 21.5. The summed E-state index contributed by atoms with van der Waals surface area (Å²) in [5, 5.41) is 7.57. The first-order valence-corrected chi connectivity index (χ1v) is 7.93. The molecule has 0 aromatic carbocycles. The van der Waals surface area contributed by atoms with Crippen LogP contribution in [0.5, 0.6) is 0 Å². The molecule has 0 unspecified atom stereocenters. The highest BCUT2D eigenvalue weighted by Crippen LogP contribution is 2.28. The molecule has 0 saturated heterocycles. The van der Waals surface area contributed by atoms with Crippen LogP contribution in [0, 0.1) is 0 Å². The number of nitrogens with zero attached hydrogens (tertiary/aromatic N) is 1. The lowest BCUT2D eigenvalue weighted by molar-refractivity contribution is -0.0523. The summed E-state index contributed by atoms with van der Waals surface area (Å²) < 4.78 is 66.9. The number of carbonyl (C=O) groups is 1. The molecule has 1 rings (SSSR count). The van der Waals surface area contributed by atoms with E-state index < -0.39 is 39.6 Å². The van der Waals surface area contributed by atoms with Gasteiger partial charge in [-0.1, -0.05) is 0 Å². The second kappa shape index (κ2) is 7.86. The van der Waals surface area contributed by atoms with Crippen molar-refractivity contribution in [1.29, 1.82) is 0 Å². The number of aliphatic hydroxyl groups excluding tert-OH is 1. The van der Waals surface area contributed by atoms with E-state index in [1.54, 1.807) is 27.7 Å². The summed E-state index contributed by atoms with van der Waals surface area (Å²) in [4.78, 5) is 12.6. The summed E-state index contributed by atoms with van der Waals surface area (Å²) in [6.45, 7) is 6.32. The Kier molecular flexibility index (Phi) is 7.35. The monoisotopic (exact) mass is 363 g/mol. The lowest BCUT2D eigenvalue weighted by Crippen LogP contribution is -2.36. The van der Waals surface area contributed by atoms with Gasteiger partial charge >= 0.3 is 21.7 Å². The summed E-state index contributed by atoms with van der Waals surface area (Å²) in [7, 11) is -5.71. The second-order valence-corrected chi connectivity index (χ2v) is 6.87. The largest absolute Gasteiger partial charge is 0.534 e. The summed E-state index contributed by atoms with van der Waals surface area (Å²) in [6.07, 6.45) is 0.310. The molecule has 0 atom stereocenters. The Balaban J connectivity index is 0.00000149. The third-order valence-electron chi connectivity index (χ3n) is 2.04. The number of carbonyl (C=O) groups excluding carboxylic acids is 1. The maximum absolute atomic E-state index is 12.1. The van der Waals surface area contributed by atoms with Gasteiger partial charge in [-0.2, -0.15) is 21.6 Å². The fraction of sp³-hybridized carbons (Fsp3) is 0.750. The number of hydrogen-bond donors (Lipinski definition) is 1. The van der Waals surface area contributed by atoms with Gasteiger partial charge in [0.2, 0.25) is 0 Å². The predicted molar refractivity (Wildman–Crippen MR) is 74.7 cm³/mol. The predicted octanol–water partition coefficient (Wildman–Crippen LogP) is 1.99. The van der Waals surface area contributed by atoms with Gasteiger partial charge < -0.3 is 14.0 Å². The molecule has 1 N–H and O–H groups in total. The Morgan fingerprint density at radius 2 is 1.83 bits per heavy atom. The molecule has 0 bridgehead atoms. The van der Waals surface area contributed by atoms with Crippen LogP contribution in [0.25, 0.3) is 0 Å². The number of aliphatic hydroxyl groups is 1. The Hall–Kier alpha value is -1.49. The van der Waals surface area contributed by atoms with Crippen molar-refractivity contribution in [3.05, 3.63) is 11.8 Å². The van der Waals surface area contributed by atoms with Crippen molar-refractivity contribution in [2.24, 2.45) is 0 Å². The highest BCUT2D eigenvalue weighted by molar-refractivity contribution is 7.87. The fourth-order valence-corrected chi connectivity index (χ4v) is 1.74.